The number of epoxide rings is 1. The van der Waals surface area contributed by atoms with E-state index in [0.717, 1.165) is 19.3 Å². The van der Waals surface area contributed by atoms with Gasteiger partial charge in [0.15, 0.2) is 0 Å². The molecule has 104 valence electrons. The standard InChI is InChI=1S/C15H21NO3/c1-4-5-16-13(17)10-6-12-15(19-12,7-9(2)3)8-11(10)14(16)18/h4,9-12H,1,5-8H2,2-3H3. The summed E-state index contributed by atoms with van der Waals surface area (Å²) in [6.45, 7) is 8.30. The van der Waals surface area contributed by atoms with Crippen molar-refractivity contribution in [2.45, 2.75) is 44.8 Å². The summed E-state index contributed by atoms with van der Waals surface area (Å²) in [6, 6.07) is 0. The van der Waals surface area contributed by atoms with Gasteiger partial charge in [-0.3, -0.25) is 14.5 Å². The highest BCUT2D eigenvalue weighted by Crippen LogP contribution is 2.57. The minimum Gasteiger partial charge on any atom is -0.366 e. The van der Waals surface area contributed by atoms with Gasteiger partial charge >= 0.3 is 0 Å². The third-order valence-corrected chi connectivity index (χ3v) is 4.66. The number of ether oxygens (including phenoxy) is 1. The van der Waals surface area contributed by atoms with Crippen LogP contribution in [0.2, 0.25) is 0 Å². The van der Waals surface area contributed by atoms with Crippen LogP contribution in [0.15, 0.2) is 12.7 Å². The first-order valence-electron chi connectivity index (χ1n) is 7.12. The molecule has 19 heavy (non-hydrogen) atoms. The molecule has 3 aliphatic rings. The van der Waals surface area contributed by atoms with Crippen LogP contribution in [-0.4, -0.2) is 35.0 Å². The van der Waals surface area contributed by atoms with Crippen molar-refractivity contribution in [2.24, 2.45) is 17.8 Å². The van der Waals surface area contributed by atoms with E-state index in [1.807, 2.05) is 0 Å². The predicted molar refractivity (Wildman–Crippen MR) is 70.2 cm³/mol. The molecule has 4 atom stereocenters. The molecule has 1 saturated carbocycles. The number of amides is 2. The molecule has 2 aliphatic heterocycles. The average molecular weight is 263 g/mol. The summed E-state index contributed by atoms with van der Waals surface area (Å²) < 4.78 is 5.86. The molecule has 3 fully saturated rings. The maximum atomic E-state index is 12.3. The van der Waals surface area contributed by atoms with Crippen LogP contribution in [0.25, 0.3) is 0 Å². The molecule has 0 spiro atoms. The summed E-state index contributed by atoms with van der Waals surface area (Å²) in [4.78, 5) is 25.9. The van der Waals surface area contributed by atoms with Crippen molar-refractivity contribution in [1.29, 1.82) is 0 Å². The Morgan fingerprint density at radius 2 is 2.11 bits per heavy atom. The maximum absolute atomic E-state index is 12.3. The van der Waals surface area contributed by atoms with Crippen molar-refractivity contribution < 1.29 is 14.3 Å². The summed E-state index contributed by atoms with van der Waals surface area (Å²) in [5, 5.41) is 0. The molecule has 1 aliphatic carbocycles. The van der Waals surface area contributed by atoms with Crippen molar-refractivity contribution in [3.63, 3.8) is 0 Å². The molecule has 2 saturated heterocycles. The van der Waals surface area contributed by atoms with Gasteiger partial charge in [0.2, 0.25) is 11.8 Å². The summed E-state index contributed by atoms with van der Waals surface area (Å²) in [7, 11) is 0. The van der Waals surface area contributed by atoms with Crippen LogP contribution < -0.4 is 0 Å². The van der Waals surface area contributed by atoms with Gasteiger partial charge in [-0.1, -0.05) is 19.9 Å². The van der Waals surface area contributed by atoms with Crippen LogP contribution in [0, 0.1) is 17.8 Å². The summed E-state index contributed by atoms with van der Waals surface area (Å²) in [5.41, 5.74) is -0.116. The number of likely N-dealkylation sites (tertiary alicyclic amines) is 1. The highest BCUT2D eigenvalue weighted by molar-refractivity contribution is 6.05. The number of nitrogens with zero attached hydrogens (tertiary/aromatic N) is 1. The lowest BCUT2D eigenvalue weighted by molar-refractivity contribution is -0.139. The van der Waals surface area contributed by atoms with E-state index in [2.05, 4.69) is 20.4 Å². The Hall–Kier alpha value is -1.16. The number of carbonyl (C=O) groups excluding carboxylic acids is 2. The zero-order valence-electron chi connectivity index (χ0n) is 11.6. The second kappa shape index (κ2) is 4.17. The second-order valence-corrected chi connectivity index (χ2v) is 6.50. The van der Waals surface area contributed by atoms with Gasteiger partial charge in [-0.15, -0.1) is 6.58 Å². The zero-order chi connectivity index (χ0) is 13.8. The molecule has 0 radical (unpaired) electrons. The zero-order valence-corrected chi connectivity index (χ0v) is 11.6. The number of imide groups is 1. The van der Waals surface area contributed by atoms with Gasteiger partial charge in [0.05, 0.1) is 23.5 Å². The molecule has 4 nitrogen and oxygen atoms in total. The molecule has 0 aromatic heterocycles. The Balaban J connectivity index is 1.78. The average Bonchev–Trinajstić information content (AvgIpc) is 2.98. The van der Waals surface area contributed by atoms with E-state index in [-0.39, 0.29) is 35.4 Å². The van der Waals surface area contributed by atoms with Gasteiger partial charge in [-0.25, -0.2) is 0 Å². The van der Waals surface area contributed by atoms with E-state index in [1.54, 1.807) is 6.08 Å². The highest BCUT2D eigenvalue weighted by atomic mass is 16.6. The minimum absolute atomic E-state index is 0.0213. The fourth-order valence-electron chi connectivity index (χ4n) is 3.91. The van der Waals surface area contributed by atoms with E-state index in [1.165, 1.54) is 4.90 Å². The van der Waals surface area contributed by atoms with E-state index < -0.39 is 0 Å². The topological polar surface area (TPSA) is 49.9 Å². The van der Waals surface area contributed by atoms with Crippen molar-refractivity contribution >= 4 is 11.8 Å². The Morgan fingerprint density at radius 3 is 2.74 bits per heavy atom. The minimum atomic E-state index is -0.162. The maximum Gasteiger partial charge on any atom is 0.233 e. The molecule has 0 N–H and O–H groups in total. The van der Waals surface area contributed by atoms with Crippen LogP contribution in [0.1, 0.15) is 33.1 Å². The quantitative estimate of drug-likeness (QED) is 0.441. The Kier molecular flexibility index (Phi) is 2.82. The number of rotatable bonds is 4. The van der Waals surface area contributed by atoms with Gasteiger partial charge < -0.3 is 4.74 Å². The number of hydrogen-bond acceptors (Lipinski definition) is 3. The second-order valence-electron chi connectivity index (χ2n) is 6.50. The molecule has 4 unspecified atom stereocenters. The Labute approximate surface area is 113 Å². The molecular weight excluding hydrogens is 242 g/mol. The monoisotopic (exact) mass is 263 g/mol. The van der Waals surface area contributed by atoms with Crippen LogP contribution in [0.3, 0.4) is 0 Å². The largest absolute Gasteiger partial charge is 0.366 e. The van der Waals surface area contributed by atoms with Crippen LogP contribution in [-0.2, 0) is 14.3 Å². The van der Waals surface area contributed by atoms with Gasteiger partial charge in [-0.05, 0) is 25.2 Å². The first-order chi connectivity index (χ1) is 8.98. The van der Waals surface area contributed by atoms with E-state index >= 15 is 0 Å². The number of carbonyl (C=O) groups is 2. The van der Waals surface area contributed by atoms with Crippen molar-refractivity contribution in [3.05, 3.63) is 12.7 Å². The van der Waals surface area contributed by atoms with Gasteiger partial charge in [0, 0.05) is 6.54 Å². The fourth-order valence-corrected chi connectivity index (χ4v) is 3.91. The first-order valence-corrected chi connectivity index (χ1v) is 7.12. The lowest BCUT2D eigenvalue weighted by Gasteiger charge is -2.25. The third-order valence-electron chi connectivity index (χ3n) is 4.66. The van der Waals surface area contributed by atoms with Gasteiger partial charge in [-0.2, -0.15) is 0 Å². The predicted octanol–water partition coefficient (Wildman–Crippen LogP) is 1.75. The molecule has 0 aromatic carbocycles. The Morgan fingerprint density at radius 1 is 1.42 bits per heavy atom. The summed E-state index contributed by atoms with van der Waals surface area (Å²) >= 11 is 0. The van der Waals surface area contributed by atoms with E-state index in [9.17, 15) is 9.59 Å². The van der Waals surface area contributed by atoms with Crippen LogP contribution in [0.4, 0.5) is 0 Å². The molecule has 3 rings (SSSR count). The summed E-state index contributed by atoms with van der Waals surface area (Å²) in [6.07, 6.45) is 4.24. The lowest BCUT2D eigenvalue weighted by atomic mass is 9.73. The van der Waals surface area contributed by atoms with Gasteiger partial charge in [0.25, 0.3) is 0 Å². The molecule has 0 bridgehead atoms. The SMILES string of the molecule is C=CCN1C(=O)C2CC3OC3(CC(C)C)CC2C1=O. The van der Waals surface area contributed by atoms with Crippen molar-refractivity contribution in [1.82, 2.24) is 4.90 Å². The molecule has 2 amide bonds. The Bertz CT molecular complexity index is 445. The molecular formula is C15H21NO3. The number of fused-ring (bicyclic) bond motifs is 2. The highest BCUT2D eigenvalue weighted by Gasteiger charge is 2.66. The first kappa shape index (κ1) is 12.9. The van der Waals surface area contributed by atoms with Crippen molar-refractivity contribution in [3.8, 4) is 0 Å². The molecule has 0 aromatic rings. The lowest BCUT2D eigenvalue weighted by Crippen LogP contribution is -2.34. The smallest absolute Gasteiger partial charge is 0.233 e. The van der Waals surface area contributed by atoms with E-state index in [0.29, 0.717) is 12.5 Å². The normalized spacial score (nSPS) is 40.4. The summed E-state index contributed by atoms with van der Waals surface area (Å²) in [5.74, 6) is 0.193. The van der Waals surface area contributed by atoms with Crippen LogP contribution in [0.5, 0.6) is 0 Å². The fraction of sp³-hybridized carbons (Fsp3) is 0.733. The molecule has 2 heterocycles. The van der Waals surface area contributed by atoms with E-state index in [4.69, 9.17) is 4.74 Å². The van der Waals surface area contributed by atoms with Crippen molar-refractivity contribution in [2.75, 3.05) is 6.54 Å². The third kappa shape index (κ3) is 1.84. The molecule has 4 heteroatoms. The number of hydrogen-bond donors (Lipinski definition) is 0. The van der Waals surface area contributed by atoms with Crippen LogP contribution >= 0.6 is 0 Å². The van der Waals surface area contributed by atoms with Gasteiger partial charge in [0.1, 0.15) is 0 Å².